The number of carboxylic acids is 1. The van der Waals surface area contributed by atoms with Gasteiger partial charge in [-0.25, -0.2) is 9.78 Å². The Balaban J connectivity index is 3.11. The van der Waals surface area contributed by atoms with Crippen molar-refractivity contribution >= 4 is 17.7 Å². The molecule has 1 aromatic heterocycles. The first-order valence-corrected chi connectivity index (χ1v) is 5.16. The zero-order valence-electron chi connectivity index (χ0n) is 10.5. The summed E-state index contributed by atoms with van der Waals surface area (Å²) >= 11 is 0. The van der Waals surface area contributed by atoms with E-state index in [9.17, 15) is 18.0 Å². The van der Waals surface area contributed by atoms with Crippen LogP contribution in [0.1, 0.15) is 6.92 Å². The zero-order chi connectivity index (χ0) is 14.8. The molecule has 1 heterocycles. The van der Waals surface area contributed by atoms with Crippen molar-refractivity contribution in [2.24, 2.45) is 0 Å². The molecule has 0 saturated heterocycles. The van der Waals surface area contributed by atoms with Crippen molar-refractivity contribution in [3.05, 3.63) is 12.3 Å². The molecule has 0 spiro atoms. The molecule has 106 valence electrons. The Bertz CT molecular complexity index is 478. The van der Waals surface area contributed by atoms with Crippen LogP contribution in [0.2, 0.25) is 0 Å². The number of aliphatic carboxylic acids is 1. The van der Waals surface area contributed by atoms with Crippen LogP contribution in [0, 0.1) is 0 Å². The normalized spacial score (nSPS) is 14.6. The topological polar surface area (TPSA) is 78.4 Å². The number of halogens is 3. The van der Waals surface area contributed by atoms with Gasteiger partial charge in [-0.05, 0) is 13.0 Å². The van der Waals surface area contributed by atoms with Gasteiger partial charge in [-0.3, -0.25) is 0 Å². The minimum Gasteiger partial charge on any atom is -0.479 e. The molecule has 19 heavy (non-hydrogen) atoms. The third kappa shape index (κ3) is 3.04. The second-order valence-corrected chi connectivity index (χ2v) is 4.19. The first kappa shape index (κ1) is 15.0. The maximum atomic E-state index is 12.8. The lowest BCUT2D eigenvalue weighted by Gasteiger charge is -2.29. The molecule has 0 aromatic carbocycles. The molecule has 0 fully saturated rings. The van der Waals surface area contributed by atoms with Gasteiger partial charge in [0.05, 0.1) is 0 Å². The quantitative estimate of drug-likeness (QED) is 0.865. The molecule has 0 radical (unpaired) electrons. The van der Waals surface area contributed by atoms with Crippen LogP contribution >= 0.6 is 0 Å². The number of carboxylic acid groups (broad SMARTS) is 1. The van der Waals surface area contributed by atoms with Crippen LogP contribution in [0.4, 0.5) is 24.9 Å². The number of anilines is 2. The summed E-state index contributed by atoms with van der Waals surface area (Å²) in [6.45, 7) is 0.534. The maximum Gasteiger partial charge on any atom is 0.422 e. The summed E-state index contributed by atoms with van der Waals surface area (Å²) in [4.78, 5) is 20.0. The van der Waals surface area contributed by atoms with E-state index in [1.165, 1.54) is 17.2 Å². The largest absolute Gasteiger partial charge is 0.479 e. The van der Waals surface area contributed by atoms with Crippen LogP contribution in [-0.4, -0.2) is 46.9 Å². The molecule has 9 heteroatoms. The predicted octanol–water partition coefficient (Wildman–Crippen LogP) is 1.36. The molecular formula is C10H13F3N4O2. The first-order chi connectivity index (χ1) is 8.58. The van der Waals surface area contributed by atoms with Crippen molar-refractivity contribution in [1.82, 2.24) is 9.97 Å². The van der Waals surface area contributed by atoms with E-state index >= 15 is 0 Å². The van der Waals surface area contributed by atoms with Gasteiger partial charge in [0.15, 0.2) is 0 Å². The lowest BCUT2D eigenvalue weighted by atomic mass is 10.0. The Morgan fingerprint density at radius 2 is 2.00 bits per heavy atom. The van der Waals surface area contributed by atoms with Gasteiger partial charge in [0.2, 0.25) is 11.5 Å². The van der Waals surface area contributed by atoms with Gasteiger partial charge in [0, 0.05) is 20.3 Å². The Morgan fingerprint density at radius 1 is 1.42 bits per heavy atom. The fraction of sp³-hybridized carbons (Fsp3) is 0.500. The molecule has 6 nitrogen and oxygen atoms in total. The number of hydrogen-bond donors (Lipinski definition) is 2. The lowest BCUT2D eigenvalue weighted by molar-refractivity contribution is -0.192. The highest BCUT2D eigenvalue weighted by molar-refractivity contribution is 5.83. The lowest BCUT2D eigenvalue weighted by Crippen LogP contribution is -2.55. The number of aromatic nitrogens is 2. The van der Waals surface area contributed by atoms with Crippen molar-refractivity contribution in [2.75, 3.05) is 24.3 Å². The number of hydrogen-bond acceptors (Lipinski definition) is 5. The van der Waals surface area contributed by atoms with E-state index in [0.29, 0.717) is 6.92 Å². The van der Waals surface area contributed by atoms with Crippen molar-refractivity contribution in [1.29, 1.82) is 0 Å². The Hall–Kier alpha value is -2.06. The molecule has 0 aliphatic carbocycles. The summed E-state index contributed by atoms with van der Waals surface area (Å²) in [5, 5.41) is 10.7. The van der Waals surface area contributed by atoms with Gasteiger partial charge in [-0.15, -0.1) is 0 Å². The summed E-state index contributed by atoms with van der Waals surface area (Å²) in [6.07, 6.45) is -3.73. The summed E-state index contributed by atoms with van der Waals surface area (Å²) in [5.41, 5.74) is -3.12. The van der Waals surface area contributed by atoms with Crippen LogP contribution in [0.25, 0.3) is 0 Å². The highest BCUT2D eigenvalue weighted by Crippen LogP contribution is 2.33. The standard InChI is InChI=1S/C10H13F3N4O2/c1-9(7(18)19,10(11,12)13)16-6-4-5-14-8(15-6)17(2)3/h4-5H,1-3H3,(H,18,19)(H,14,15,16). The molecule has 0 aliphatic rings. The summed E-state index contributed by atoms with van der Waals surface area (Å²) < 4.78 is 38.4. The maximum absolute atomic E-state index is 12.8. The molecule has 1 rings (SSSR count). The van der Waals surface area contributed by atoms with E-state index in [1.54, 1.807) is 14.1 Å². The molecule has 1 unspecified atom stereocenters. The van der Waals surface area contributed by atoms with E-state index in [-0.39, 0.29) is 11.8 Å². The Kier molecular flexibility index (Phi) is 3.87. The van der Waals surface area contributed by atoms with Crippen LogP contribution < -0.4 is 10.2 Å². The van der Waals surface area contributed by atoms with Crippen LogP contribution in [0.5, 0.6) is 0 Å². The molecule has 0 aliphatic heterocycles. The highest BCUT2D eigenvalue weighted by atomic mass is 19.4. The van der Waals surface area contributed by atoms with Gasteiger partial charge in [0.25, 0.3) is 0 Å². The van der Waals surface area contributed by atoms with Gasteiger partial charge in [-0.1, -0.05) is 0 Å². The van der Waals surface area contributed by atoms with E-state index in [2.05, 4.69) is 9.97 Å². The molecule has 1 aromatic rings. The van der Waals surface area contributed by atoms with Crippen molar-refractivity contribution < 1.29 is 23.1 Å². The van der Waals surface area contributed by atoms with Crippen molar-refractivity contribution in [3.63, 3.8) is 0 Å². The third-order valence-electron chi connectivity index (χ3n) is 2.42. The van der Waals surface area contributed by atoms with Gasteiger partial charge < -0.3 is 15.3 Å². The third-order valence-corrected chi connectivity index (χ3v) is 2.42. The monoisotopic (exact) mass is 278 g/mol. The summed E-state index contributed by atoms with van der Waals surface area (Å²) in [7, 11) is 3.22. The Labute approximate surface area is 107 Å². The summed E-state index contributed by atoms with van der Waals surface area (Å²) in [6, 6.07) is 1.17. The zero-order valence-corrected chi connectivity index (χ0v) is 10.5. The average Bonchev–Trinajstić information content (AvgIpc) is 2.27. The van der Waals surface area contributed by atoms with Crippen LogP contribution in [-0.2, 0) is 4.79 Å². The molecular weight excluding hydrogens is 265 g/mol. The van der Waals surface area contributed by atoms with Crippen LogP contribution in [0.3, 0.4) is 0 Å². The van der Waals surface area contributed by atoms with Gasteiger partial charge in [0.1, 0.15) is 5.82 Å². The van der Waals surface area contributed by atoms with Gasteiger partial charge in [-0.2, -0.15) is 18.2 Å². The SMILES string of the molecule is CN(C)c1nccc(NC(C)(C(=O)O)C(F)(F)F)n1. The first-order valence-electron chi connectivity index (χ1n) is 5.16. The molecule has 0 saturated carbocycles. The Morgan fingerprint density at radius 3 is 2.42 bits per heavy atom. The number of nitrogens with zero attached hydrogens (tertiary/aromatic N) is 3. The smallest absolute Gasteiger partial charge is 0.422 e. The fourth-order valence-electron chi connectivity index (χ4n) is 1.14. The fourth-order valence-corrected chi connectivity index (χ4v) is 1.14. The van der Waals surface area contributed by atoms with Crippen molar-refractivity contribution in [3.8, 4) is 0 Å². The molecule has 2 N–H and O–H groups in total. The van der Waals surface area contributed by atoms with Crippen molar-refractivity contribution in [2.45, 2.75) is 18.6 Å². The molecule has 1 atom stereocenters. The number of alkyl halides is 3. The highest BCUT2D eigenvalue weighted by Gasteiger charge is 2.57. The second-order valence-electron chi connectivity index (χ2n) is 4.19. The molecule has 0 amide bonds. The van der Waals surface area contributed by atoms with E-state index in [1.807, 2.05) is 5.32 Å². The van der Waals surface area contributed by atoms with E-state index in [0.717, 1.165) is 0 Å². The van der Waals surface area contributed by atoms with Gasteiger partial charge >= 0.3 is 12.1 Å². The predicted molar refractivity (Wildman–Crippen MR) is 62.1 cm³/mol. The van der Waals surface area contributed by atoms with E-state index in [4.69, 9.17) is 5.11 Å². The number of rotatable bonds is 4. The average molecular weight is 278 g/mol. The molecule has 0 bridgehead atoms. The second kappa shape index (κ2) is 4.90. The van der Waals surface area contributed by atoms with Crippen LogP contribution in [0.15, 0.2) is 12.3 Å². The minimum absolute atomic E-state index is 0.167. The summed E-state index contributed by atoms with van der Waals surface area (Å²) in [5.74, 6) is -2.09. The minimum atomic E-state index is -4.97. The number of nitrogens with one attached hydrogen (secondary N) is 1. The number of carbonyl (C=O) groups is 1. The van der Waals surface area contributed by atoms with E-state index < -0.39 is 17.7 Å².